The van der Waals surface area contributed by atoms with Crippen molar-refractivity contribution in [2.75, 3.05) is 0 Å². The minimum atomic E-state index is -0.654. The first-order valence-electron chi connectivity index (χ1n) is 28.8. The smallest absolute Gasteiger partial charge is 0.303 e. The Morgan fingerprint density at radius 2 is 0.369 bits per heavy atom. The third-order valence-corrected chi connectivity index (χ3v) is 12.6. The number of unbranched alkanes of at least 4 members (excludes halogenated alkanes) is 33. The second kappa shape index (κ2) is 60.4. The Balaban J connectivity index is -0.000000407. The molecule has 0 aliphatic rings. The lowest BCUT2D eigenvalue weighted by Crippen LogP contribution is -1.93. The molecule has 0 unspecified atom stereocenters. The fourth-order valence-electron chi connectivity index (χ4n) is 7.79. The largest absolute Gasteiger partial charge is 0.481 e. The van der Waals surface area contributed by atoms with E-state index in [1.54, 1.807) is 0 Å². The topological polar surface area (TPSA) is 112 Å². The van der Waals surface area contributed by atoms with E-state index >= 15 is 0 Å². The van der Waals surface area contributed by atoms with Gasteiger partial charge in [0.25, 0.3) is 0 Å². The SMILES string of the molecule is CC(C)CCCCCCCCCCCCCCC(=O)O.CC(C)CCCCCCCCCCCCCCC(=O)O.CC(C)CCCCCCCCCCCCCCC(=O)O.CCC(C)C. The Morgan fingerprint density at radius 1 is 0.246 bits per heavy atom. The van der Waals surface area contributed by atoms with Crippen molar-refractivity contribution < 1.29 is 29.7 Å². The van der Waals surface area contributed by atoms with E-state index in [4.69, 9.17) is 15.3 Å². The van der Waals surface area contributed by atoms with Crippen molar-refractivity contribution in [3.63, 3.8) is 0 Å². The summed E-state index contributed by atoms with van der Waals surface area (Å²) in [5.41, 5.74) is 0. The quantitative estimate of drug-likeness (QED) is 0.0524. The molecule has 0 bridgehead atoms. The van der Waals surface area contributed by atoms with E-state index in [1.165, 1.54) is 218 Å². The summed E-state index contributed by atoms with van der Waals surface area (Å²) in [5, 5.41) is 25.6. The van der Waals surface area contributed by atoms with Gasteiger partial charge in [-0.25, -0.2) is 0 Å². The van der Waals surface area contributed by atoms with Crippen LogP contribution in [0, 0.1) is 23.7 Å². The van der Waals surface area contributed by atoms with Crippen molar-refractivity contribution in [3.8, 4) is 0 Å². The zero-order valence-corrected chi connectivity index (χ0v) is 45.8. The van der Waals surface area contributed by atoms with Crippen LogP contribution in [0.1, 0.15) is 338 Å². The normalized spacial score (nSPS) is 11.0. The summed E-state index contributed by atoms with van der Waals surface area (Å²) in [6.45, 7) is 20.5. The van der Waals surface area contributed by atoms with E-state index in [-0.39, 0.29) is 0 Å². The standard InChI is InChI=1S/3C18H36O2.C5H12/c3*1-17(2)15-13-11-9-7-5-3-4-6-8-10-12-14-16-18(19)20;1-4-5(2)3/h3*17H,3-16H2,1-2H3,(H,19,20);5H,4H2,1-3H3. The lowest BCUT2D eigenvalue weighted by atomic mass is 10.0. The van der Waals surface area contributed by atoms with E-state index in [0.717, 1.165) is 62.2 Å². The summed E-state index contributed by atoms with van der Waals surface area (Å²) in [6, 6.07) is 0. The molecule has 0 saturated heterocycles. The highest BCUT2D eigenvalue weighted by molar-refractivity contribution is 5.67. The molecule has 0 aromatic carbocycles. The first-order chi connectivity index (χ1) is 31.1. The number of rotatable bonds is 46. The summed E-state index contributed by atoms with van der Waals surface area (Å²) in [6.07, 6.45) is 53.3. The second-order valence-electron chi connectivity index (χ2n) is 21.5. The molecule has 0 aromatic heterocycles. The van der Waals surface area contributed by atoms with Gasteiger partial charge in [0.2, 0.25) is 0 Å². The molecule has 0 aliphatic heterocycles. The molecule has 65 heavy (non-hydrogen) atoms. The van der Waals surface area contributed by atoms with Crippen molar-refractivity contribution in [2.24, 2.45) is 23.7 Å². The van der Waals surface area contributed by atoms with Gasteiger partial charge in [0.05, 0.1) is 0 Å². The number of hydrogen-bond donors (Lipinski definition) is 3. The highest BCUT2D eigenvalue weighted by Crippen LogP contribution is 2.17. The molecule has 0 rings (SSSR count). The Morgan fingerprint density at radius 3 is 0.477 bits per heavy atom. The van der Waals surface area contributed by atoms with E-state index < -0.39 is 17.9 Å². The van der Waals surface area contributed by atoms with Crippen LogP contribution in [-0.2, 0) is 14.4 Å². The first kappa shape index (κ1) is 70.0. The Bertz CT molecular complexity index is 803. The second-order valence-corrected chi connectivity index (χ2v) is 21.5. The molecule has 0 fully saturated rings. The average Bonchev–Trinajstić information content (AvgIpc) is 3.24. The molecule has 6 heteroatoms. The fraction of sp³-hybridized carbons (Fsp3) is 0.949. The number of aliphatic carboxylic acids is 3. The van der Waals surface area contributed by atoms with E-state index in [2.05, 4.69) is 62.3 Å². The zero-order valence-electron chi connectivity index (χ0n) is 45.8. The van der Waals surface area contributed by atoms with E-state index in [1.807, 2.05) is 0 Å². The minimum absolute atomic E-state index is 0.344. The number of carbonyl (C=O) groups is 3. The van der Waals surface area contributed by atoms with Gasteiger partial charge < -0.3 is 15.3 Å². The molecule has 0 saturated carbocycles. The van der Waals surface area contributed by atoms with Crippen LogP contribution >= 0.6 is 0 Å². The van der Waals surface area contributed by atoms with Crippen LogP contribution in [0.3, 0.4) is 0 Å². The molecule has 0 radical (unpaired) electrons. The molecular formula is C59H120O6. The summed E-state index contributed by atoms with van der Waals surface area (Å²) in [7, 11) is 0. The predicted molar refractivity (Wildman–Crippen MR) is 286 cm³/mol. The van der Waals surface area contributed by atoms with Crippen LogP contribution in [0.2, 0.25) is 0 Å². The highest BCUT2D eigenvalue weighted by atomic mass is 16.4. The zero-order chi connectivity index (χ0) is 49.4. The van der Waals surface area contributed by atoms with Crippen LogP contribution < -0.4 is 0 Å². The van der Waals surface area contributed by atoms with Gasteiger partial charge in [-0.1, -0.05) is 300 Å². The molecule has 0 heterocycles. The maximum Gasteiger partial charge on any atom is 0.303 e. The molecule has 0 spiro atoms. The molecule has 0 aromatic rings. The molecule has 3 N–H and O–H groups in total. The van der Waals surface area contributed by atoms with Gasteiger partial charge in [-0.15, -0.1) is 0 Å². The summed E-state index contributed by atoms with van der Waals surface area (Å²) in [4.78, 5) is 31.0. The highest BCUT2D eigenvalue weighted by Gasteiger charge is 2.01. The Labute approximate surface area is 408 Å². The maximum absolute atomic E-state index is 10.3. The summed E-state index contributed by atoms with van der Waals surface area (Å²) < 4.78 is 0. The monoisotopic (exact) mass is 925 g/mol. The van der Waals surface area contributed by atoms with Gasteiger partial charge in [-0.05, 0) is 42.9 Å². The lowest BCUT2D eigenvalue weighted by Gasteiger charge is -2.04. The van der Waals surface area contributed by atoms with Crippen LogP contribution in [0.25, 0.3) is 0 Å². The van der Waals surface area contributed by atoms with Crippen LogP contribution in [0.5, 0.6) is 0 Å². The van der Waals surface area contributed by atoms with Crippen LogP contribution in [0.4, 0.5) is 0 Å². The first-order valence-corrected chi connectivity index (χ1v) is 28.8. The molecule has 0 amide bonds. The van der Waals surface area contributed by atoms with Crippen molar-refractivity contribution in [1.82, 2.24) is 0 Å². The van der Waals surface area contributed by atoms with Crippen molar-refractivity contribution in [1.29, 1.82) is 0 Å². The molecule has 6 nitrogen and oxygen atoms in total. The molecule has 392 valence electrons. The Hall–Kier alpha value is -1.59. The third-order valence-electron chi connectivity index (χ3n) is 12.6. The van der Waals surface area contributed by atoms with E-state index in [0.29, 0.717) is 19.3 Å². The van der Waals surface area contributed by atoms with Crippen LogP contribution in [-0.4, -0.2) is 33.2 Å². The average molecular weight is 926 g/mol. The van der Waals surface area contributed by atoms with Gasteiger partial charge in [0.15, 0.2) is 0 Å². The van der Waals surface area contributed by atoms with Gasteiger partial charge in [0, 0.05) is 19.3 Å². The van der Waals surface area contributed by atoms with Crippen molar-refractivity contribution in [3.05, 3.63) is 0 Å². The van der Waals surface area contributed by atoms with Crippen molar-refractivity contribution >= 4 is 17.9 Å². The van der Waals surface area contributed by atoms with E-state index in [9.17, 15) is 14.4 Å². The van der Waals surface area contributed by atoms with Gasteiger partial charge >= 0.3 is 17.9 Å². The molecule has 0 atom stereocenters. The summed E-state index contributed by atoms with van der Waals surface area (Å²) >= 11 is 0. The lowest BCUT2D eigenvalue weighted by molar-refractivity contribution is -0.138. The van der Waals surface area contributed by atoms with Gasteiger partial charge in [-0.3, -0.25) is 14.4 Å². The number of carboxylic acid groups (broad SMARTS) is 3. The van der Waals surface area contributed by atoms with Crippen LogP contribution in [0.15, 0.2) is 0 Å². The van der Waals surface area contributed by atoms with Gasteiger partial charge in [-0.2, -0.15) is 0 Å². The maximum atomic E-state index is 10.3. The molecular weight excluding hydrogens is 805 g/mol. The van der Waals surface area contributed by atoms with Crippen molar-refractivity contribution in [2.45, 2.75) is 338 Å². The predicted octanol–water partition coefficient (Wildman–Crippen LogP) is 20.6. The fourth-order valence-corrected chi connectivity index (χ4v) is 7.79. The summed E-state index contributed by atoms with van der Waals surface area (Å²) in [5.74, 6) is 1.52. The number of hydrogen-bond acceptors (Lipinski definition) is 3. The minimum Gasteiger partial charge on any atom is -0.481 e. The third kappa shape index (κ3) is 86.2. The van der Waals surface area contributed by atoms with Gasteiger partial charge in [0.1, 0.15) is 0 Å². The Kier molecular flexibility index (Phi) is 65.1. The molecule has 0 aliphatic carbocycles. The number of carboxylic acids is 3.